The first kappa shape index (κ1) is 24.7. The lowest BCUT2D eigenvalue weighted by atomic mass is 10.1. The number of nitrogens with one attached hydrogen (secondary N) is 2. The summed E-state index contributed by atoms with van der Waals surface area (Å²) >= 11 is 0. The number of hydrogen-bond acceptors (Lipinski definition) is 7. The minimum atomic E-state index is -0.169. The number of nitrogen functional groups attached to an aromatic ring is 1. The molecule has 9 heteroatoms. The lowest BCUT2D eigenvalue weighted by molar-refractivity contribution is 0.0736. The van der Waals surface area contributed by atoms with Gasteiger partial charge in [0.1, 0.15) is 11.2 Å². The zero-order valence-corrected chi connectivity index (χ0v) is 20.6. The first-order valence-electron chi connectivity index (χ1n) is 12.5. The molecule has 1 amide bonds. The van der Waals surface area contributed by atoms with Crippen molar-refractivity contribution in [2.45, 2.75) is 52.1 Å². The molecule has 0 atom stereocenters. The molecule has 0 radical (unpaired) electrons. The summed E-state index contributed by atoms with van der Waals surface area (Å²) in [6.45, 7) is 7.74. The maximum absolute atomic E-state index is 13.5. The van der Waals surface area contributed by atoms with Crippen LogP contribution in [0.5, 0.6) is 0 Å². The van der Waals surface area contributed by atoms with Gasteiger partial charge in [-0.1, -0.05) is 38.8 Å². The standard InChI is InChI=1S/C26H35N7O2/c1-3-5-20(6-4-2)29-23-22-21(30-26(27)31-23)11-14-33(25(22)35)17-18-7-9-19(10-8-18)24(34)32-15-12-28-13-16-32/h7-11,14,20,28H,3-6,12-13,15-17H2,1-2H3,(H3,27,29,30,31). The number of aromatic nitrogens is 3. The topological polar surface area (TPSA) is 118 Å². The number of amides is 1. The van der Waals surface area contributed by atoms with Crippen molar-refractivity contribution in [3.05, 3.63) is 58.0 Å². The van der Waals surface area contributed by atoms with E-state index in [9.17, 15) is 9.59 Å². The number of anilines is 2. The highest BCUT2D eigenvalue weighted by atomic mass is 16.2. The van der Waals surface area contributed by atoms with Crippen molar-refractivity contribution < 1.29 is 4.79 Å². The SMILES string of the molecule is CCCC(CCC)Nc1nc(N)nc2ccn(Cc3ccc(C(=O)N4CCNCC4)cc3)c(=O)c12. The summed E-state index contributed by atoms with van der Waals surface area (Å²) in [5, 5.41) is 7.16. The van der Waals surface area contributed by atoms with E-state index >= 15 is 0 Å². The largest absolute Gasteiger partial charge is 0.368 e. The molecule has 0 bridgehead atoms. The molecule has 35 heavy (non-hydrogen) atoms. The second-order valence-corrected chi connectivity index (χ2v) is 9.10. The molecule has 0 aliphatic carbocycles. The van der Waals surface area contributed by atoms with Gasteiger partial charge in [0.05, 0.1) is 12.1 Å². The van der Waals surface area contributed by atoms with Gasteiger partial charge in [0.25, 0.3) is 11.5 Å². The van der Waals surface area contributed by atoms with Gasteiger partial charge >= 0.3 is 0 Å². The third-order valence-corrected chi connectivity index (χ3v) is 6.41. The van der Waals surface area contributed by atoms with Gasteiger partial charge in [0.2, 0.25) is 5.95 Å². The molecule has 0 saturated carbocycles. The van der Waals surface area contributed by atoms with Crippen LogP contribution in [0.4, 0.5) is 11.8 Å². The fourth-order valence-electron chi connectivity index (χ4n) is 4.61. The molecule has 3 aromatic rings. The molecule has 0 spiro atoms. The fourth-order valence-corrected chi connectivity index (χ4v) is 4.61. The Kier molecular flexibility index (Phi) is 7.97. The molecule has 1 aliphatic heterocycles. The molecule has 3 heterocycles. The van der Waals surface area contributed by atoms with Crippen LogP contribution < -0.4 is 21.9 Å². The maximum Gasteiger partial charge on any atom is 0.264 e. The van der Waals surface area contributed by atoms with E-state index in [0.29, 0.717) is 41.9 Å². The lowest BCUT2D eigenvalue weighted by Crippen LogP contribution is -2.46. The number of rotatable bonds is 9. The van der Waals surface area contributed by atoms with E-state index in [1.54, 1.807) is 16.8 Å². The highest BCUT2D eigenvalue weighted by Gasteiger charge is 2.18. The molecule has 1 saturated heterocycles. The Morgan fingerprint density at radius 1 is 1.09 bits per heavy atom. The quantitative estimate of drug-likeness (QED) is 0.434. The van der Waals surface area contributed by atoms with Gasteiger partial charge < -0.3 is 25.8 Å². The normalized spacial score (nSPS) is 14.0. The number of nitrogens with zero attached hydrogens (tertiary/aromatic N) is 4. The van der Waals surface area contributed by atoms with Crippen molar-refractivity contribution in [3.63, 3.8) is 0 Å². The van der Waals surface area contributed by atoms with Crippen molar-refractivity contribution in [1.29, 1.82) is 0 Å². The summed E-state index contributed by atoms with van der Waals surface area (Å²) in [5.41, 5.74) is 7.91. The summed E-state index contributed by atoms with van der Waals surface area (Å²) < 4.78 is 1.65. The van der Waals surface area contributed by atoms with Crippen LogP contribution in [0.1, 0.15) is 55.5 Å². The maximum atomic E-state index is 13.5. The lowest BCUT2D eigenvalue weighted by Gasteiger charge is -2.27. The van der Waals surface area contributed by atoms with Crippen molar-refractivity contribution in [1.82, 2.24) is 24.8 Å². The van der Waals surface area contributed by atoms with Crippen LogP contribution in [0.25, 0.3) is 10.9 Å². The zero-order chi connectivity index (χ0) is 24.8. The van der Waals surface area contributed by atoms with Crippen LogP contribution in [-0.4, -0.2) is 57.6 Å². The first-order chi connectivity index (χ1) is 17.0. The third kappa shape index (κ3) is 5.79. The molecule has 4 rings (SSSR count). The molecule has 0 unspecified atom stereocenters. The smallest absolute Gasteiger partial charge is 0.264 e. The van der Waals surface area contributed by atoms with Gasteiger partial charge in [0.15, 0.2) is 0 Å². The van der Waals surface area contributed by atoms with Crippen LogP contribution in [0.2, 0.25) is 0 Å². The number of carbonyl (C=O) groups is 1. The Bertz CT molecular complexity index is 1210. The summed E-state index contributed by atoms with van der Waals surface area (Å²) in [6.07, 6.45) is 5.77. The Morgan fingerprint density at radius 2 is 1.77 bits per heavy atom. The second kappa shape index (κ2) is 11.3. The highest BCUT2D eigenvalue weighted by molar-refractivity contribution is 5.94. The van der Waals surface area contributed by atoms with Crippen LogP contribution in [-0.2, 0) is 6.54 Å². The minimum Gasteiger partial charge on any atom is -0.368 e. The van der Waals surface area contributed by atoms with E-state index in [1.165, 1.54) is 0 Å². The monoisotopic (exact) mass is 477 g/mol. The molecule has 4 N–H and O–H groups in total. The Balaban J connectivity index is 1.59. The average Bonchev–Trinajstić information content (AvgIpc) is 2.86. The van der Waals surface area contributed by atoms with E-state index in [0.717, 1.165) is 44.3 Å². The van der Waals surface area contributed by atoms with E-state index in [1.807, 2.05) is 29.2 Å². The number of carbonyl (C=O) groups excluding carboxylic acids is 1. The number of benzene rings is 1. The van der Waals surface area contributed by atoms with Crippen molar-refractivity contribution >= 4 is 28.6 Å². The highest BCUT2D eigenvalue weighted by Crippen LogP contribution is 2.21. The van der Waals surface area contributed by atoms with Gasteiger partial charge in [0, 0.05) is 44.0 Å². The van der Waals surface area contributed by atoms with Crippen LogP contribution in [0, 0.1) is 0 Å². The van der Waals surface area contributed by atoms with E-state index in [-0.39, 0.29) is 23.5 Å². The zero-order valence-electron chi connectivity index (χ0n) is 20.6. The van der Waals surface area contributed by atoms with E-state index in [4.69, 9.17) is 5.73 Å². The van der Waals surface area contributed by atoms with Gasteiger partial charge in [-0.15, -0.1) is 0 Å². The first-order valence-corrected chi connectivity index (χ1v) is 12.5. The van der Waals surface area contributed by atoms with Crippen molar-refractivity contribution in [2.75, 3.05) is 37.2 Å². The van der Waals surface area contributed by atoms with Crippen molar-refractivity contribution in [3.8, 4) is 0 Å². The number of hydrogen-bond donors (Lipinski definition) is 3. The Labute approximate surface area is 205 Å². The molecule has 9 nitrogen and oxygen atoms in total. The average molecular weight is 478 g/mol. The van der Waals surface area contributed by atoms with Crippen LogP contribution in [0.15, 0.2) is 41.3 Å². The second-order valence-electron chi connectivity index (χ2n) is 9.10. The summed E-state index contributed by atoms with van der Waals surface area (Å²) in [6, 6.07) is 9.51. The van der Waals surface area contributed by atoms with E-state index < -0.39 is 0 Å². The number of piperazine rings is 1. The van der Waals surface area contributed by atoms with E-state index in [2.05, 4.69) is 34.4 Å². The molecule has 1 aromatic carbocycles. The van der Waals surface area contributed by atoms with Gasteiger partial charge in [-0.2, -0.15) is 4.98 Å². The van der Waals surface area contributed by atoms with Crippen LogP contribution in [0.3, 0.4) is 0 Å². The fraction of sp³-hybridized carbons (Fsp3) is 0.462. The molecule has 1 fully saturated rings. The predicted molar refractivity (Wildman–Crippen MR) is 140 cm³/mol. The number of fused-ring (bicyclic) bond motifs is 1. The van der Waals surface area contributed by atoms with Gasteiger partial charge in [-0.25, -0.2) is 4.98 Å². The third-order valence-electron chi connectivity index (χ3n) is 6.41. The minimum absolute atomic E-state index is 0.0417. The number of pyridine rings is 1. The Hall–Kier alpha value is -3.46. The molecule has 2 aromatic heterocycles. The van der Waals surface area contributed by atoms with Gasteiger partial charge in [-0.3, -0.25) is 9.59 Å². The van der Waals surface area contributed by atoms with Gasteiger partial charge in [-0.05, 0) is 36.6 Å². The Morgan fingerprint density at radius 3 is 2.43 bits per heavy atom. The summed E-state index contributed by atoms with van der Waals surface area (Å²) in [4.78, 5) is 36.7. The van der Waals surface area contributed by atoms with Crippen molar-refractivity contribution in [2.24, 2.45) is 0 Å². The molecule has 1 aliphatic rings. The number of nitrogens with two attached hydrogens (primary N) is 1. The summed E-state index contributed by atoms with van der Waals surface area (Å²) in [5.74, 6) is 0.685. The molecular formula is C26H35N7O2. The van der Waals surface area contributed by atoms with Crippen LogP contribution >= 0.6 is 0 Å². The molecular weight excluding hydrogens is 442 g/mol. The summed E-state index contributed by atoms with van der Waals surface area (Å²) in [7, 11) is 0. The predicted octanol–water partition coefficient (Wildman–Crippen LogP) is 2.85. The molecule has 186 valence electrons.